The number of ether oxygens (including phenoxy) is 1. The molecule has 0 aromatic carbocycles. The third-order valence-electron chi connectivity index (χ3n) is 3.92. The molecule has 0 saturated heterocycles. The fourth-order valence-electron chi connectivity index (χ4n) is 1.97. The summed E-state index contributed by atoms with van der Waals surface area (Å²) in [6.07, 6.45) is 2.07. The van der Waals surface area contributed by atoms with Gasteiger partial charge in [0.05, 0.1) is 0 Å². The van der Waals surface area contributed by atoms with Crippen LogP contribution in [0.1, 0.15) is 53.9 Å². The Morgan fingerprint density at radius 3 is 2.17 bits per heavy atom. The zero-order chi connectivity index (χ0) is 18.5. The topological polar surface area (TPSA) is 50.1 Å². The van der Waals surface area contributed by atoms with Crippen molar-refractivity contribution in [3.63, 3.8) is 0 Å². The van der Waals surface area contributed by atoms with Gasteiger partial charge in [-0.2, -0.15) is 5.26 Å². The molecule has 0 unspecified atom stereocenters. The summed E-state index contributed by atoms with van der Waals surface area (Å²) in [5.74, 6) is 13.5. The van der Waals surface area contributed by atoms with Crippen molar-refractivity contribution in [1.29, 1.82) is 5.26 Å². The molecule has 3 nitrogen and oxygen atoms in total. The Bertz CT molecular complexity index is 627. The van der Waals surface area contributed by atoms with Crippen LogP contribution in [0, 0.1) is 46.5 Å². The van der Waals surface area contributed by atoms with E-state index in [1.165, 1.54) is 32.0 Å². The maximum Gasteiger partial charge on any atom is 0.385 e. The van der Waals surface area contributed by atoms with Crippen LogP contribution in [0.5, 0.6) is 0 Å². The zero-order valence-electron chi connectivity index (χ0n) is 15.5. The highest BCUT2D eigenvalue weighted by Gasteiger charge is 2.24. The zero-order valence-corrected chi connectivity index (χ0v) is 16.5. The summed E-state index contributed by atoms with van der Waals surface area (Å²) < 4.78 is 4.89. The Morgan fingerprint density at radius 2 is 1.62 bits per heavy atom. The first-order chi connectivity index (χ1) is 11.3. The van der Waals surface area contributed by atoms with E-state index in [1.54, 1.807) is 0 Å². The first-order valence-electron chi connectivity index (χ1n) is 8.48. The van der Waals surface area contributed by atoms with Crippen molar-refractivity contribution in [3.8, 4) is 41.2 Å². The van der Waals surface area contributed by atoms with Gasteiger partial charge < -0.3 is 4.74 Å². The lowest BCUT2D eigenvalue weighted by Crippen LogP contribution is -2.29. The number of carbonyl (C=O) groups excluding carboxylic acids is 1. The van der Waals surface area contributed by atoms with Gasteiger partial charge in [0.1, 0.15) is 14.1 Å². The van der Waals surface area contributed by atoms with Gasteiger partial charge in [-0.05, 0) is 50.2 Å². The molecule has 0 aliphatic rings. The average molecular weight is 342 g/mol. The molecule has 0 aliphatic carbocycles. The molecule has 0 saturated carbocycles. The van der Waals surface area contributed by atoms with Gasteiger partial charge in [-0.1, -0.05) is 32.6 Å². The van der Waals surface area contributed by atoms with Crippen LogP contribution in [0.2, 0.25) is 18.1 Å². The minimum atomic E-state index is -1.39. The highest BCUT2D eigenvalue weighted by atomic mass is 28.3. The van der Waals surface area contributed by atoms with Gasteiger partial charge in [0.15, 0.2) is 5.60 Å². The van der Waals surface area contributed by atoms with E-state index in [-0.39, 0.29) is 0 Å². The van der Waals surface area contributed by atoms with E-state index >= 15 is 0 Å². The second kappa shape index (κ2) is 11.4. The van der Waals surface area contributed by atoms with Crippen LogP contribution in [-0.4, -0.2) is 19.6 Å². The third kappa shape index (κ3) is 9.10. The average Bonchev–Trinajstić information content (AvgIpc) is 2.57. The molecule has 0 rings (SSSR count). The van der Waals surface area contributed by atoms with Crippen molar-refractivity contribution in [2.75, 3.05) is 0 Å². The van der Waals surface area contributed by atoms with Crippen molar-refractivity contribution in [1.82, 2.24) is 0 Å². The summed E-state index contributed by atoms with van der Waals surface area (Å²) in [4.78, 5) is 11.4. The Kier molecular flexibility index (Phi) is 10.4. The molecular weight excluding hydrogens is 314 g/mol. The lowest BCUT2D eigenvalue weighted by Gasteiger charge is -2.19. The van der Waals surface area contributed by atoms with Crippen LogP contribution >= 0.6 is 0 Å². The number of hydrogen-bond donors (Lipinski definition) is 0. The number of nitrogens with zero attached hydrogens (tertiary/aromatic N) is 1. The molecule has 0 heterocycles. The predicted octanol–water partition coefficient (Wildman–Crippen LogP) is 4.06. The minimum absolute atomic E-state index is 0.571. The second-order valence-electron chi connectivity index (χ2n) is 6.06. The van der Waals surface area contributed by atoms with Crippen molar-refractivity contribution < 1.29 is 9.53 Å². The maximum absolute atomic E-state index is 11.4. The largest absolute Gasteiger partial charge is 0.435 e. The summed E-state index contributed by atoms with van der Waals surface area (Å²) in [6, 6.07) is 5.44. The molecule has 0 amide bonds. The second-order valence-corrected chi connectivity index (χ2v) is 11.0. The molecule has 0 aromatic heterocycles. The van der Waals surface area contributed by atoms with Gasteiger partial charge in [0.25, 0.3) is 0 Å². The highest BCUT2D eigenvalue weighted by Crippen LogP contribution is 2.18. The number of rotatable bonds is 6. The summed E-state index contributed by atoms with van der Waals surface area (Å²) in [6.45, 7) is 9.72. The third-order valence-corrected chi connectivity index (χ3v) is 8.64. The molecule has 0 radical (unpaired) electrons. The lowest BCUT2D eigenvalue weighted by atomic mass is 10.2. The van der Waals surface area contributed by atoms with Crippen LogP contribution in [0.15, 0.2) is 0 Å². The van der Waals surface area contributed by atoms with Crippen LogP contribution < -0.4 is 0 Å². The minimum Gasteiger partial charge on any atom is -0.435 e. The molecular formula is C20H27NO2Si. The molecule has 4 heteroatoms. The number of unbranched alkanes of at least 4 members (excludes halogenated alkanes) is 2. The van der Waals surface area contributed by atoms with E-state index in [0.717, 1.165) is 6.42 Å². The summed E-state index contributed by atoms with van der Waals surface area (Å²) in [5, 5.41) is 8.75. The van der Waals surface area contributed by atoms with Crippen LogP contribution in [-0.2, 0) is 9.53 Å². The molecule has 0 aromatic rings. The van der Waals surface area contributed by atoms with Crippen LogP contribution in [0.25, 0.3) is 0 Å². The van der Waals surface area contributed by atoms with Gasteiger partial charge in [0, 0.05) is 18.8 Å². The molecule has 24 heavy (non-hydrogen) atoms. The van der Waals surface area contributed by atoms with Gasteiger partial charge in [0.2, 0.25) is 0 Å². The lowest BCUT2D eigenvalue weighted by molar-refractivity contribution is -0.144. The van der Waals surface area contributed by atoms with Gasteiger partial charge in [-0.15, -0.1) is 5.54 Å². The van der Waals surface area contributed by atoms with Crippen molar-refractivity contribution in [3.05, 3.63) is 0 Å². The monoisotopic (exact) mass is 341 g/mol. The Morgan fingerprint density at radius 1 is 1.04 bits per heavy atom. The van der Waals surface area contributed by atoms with Gasteiger partial charge in [-0.3, -0.25) is 0 Å². The van der Waals surface area contributed by atoms with Gasteiger partial charge in [-0.25, -0.2) is 4.79 Å². The first kappa shape index (κ1) is 21.9. The Hall–Kier alpha value is -2.14. The quantitative estimate of drug-likeness (QED) is 0.241. The Balaban J connectivity index is 4.22. The van der Waals surface area contributed by atoms with Crippen molar-refractivity contribution in [2.24, 2.45) is 0 Å². The maximum atomic E-state index is 11.4. The number of hydrogen-bond acceptors (Lipinski definition) is 3. The molecule has 0 atom stereocenters. The van der Waals surface area contributed by atoms with Crippen LogP contribution in [0.3, 0.4) is 0 Å². The predicted molar refractivity (Wildman–Crippen MR) is 100 cm³/mol. The fraction of sp³-hybridized carbons (Fsp3) is 0.600. The van der Waals surface area contributed by atoms with E-state index in [4.69, 9.17) is 10.00 Å². The molecule has 128 valence electrons. The van der Waals surface area contributed by atoms with E-state index < -0.39 is 19.6 Å². The number of carbonyl (C=O) groups is 1. The highest BCUT2D eigenvalue weighted by molar-refractivity contribution is 6.87. The van der Waals surface area contributed by atoms with E-state index in [9.17, 15) is 4.79 Å². The molecule has 0 spiro atoms. The first-order valence-corrected chi connectivity index (χ1v) is 11.1. The summed E-state index contributed by atoms with van der Waals surface area (Å²) in [7, 11) is -1.39. The molecule has 0 fully saturated rings. The van der Waals surface area contributed by atoms with E-state index in [0.29, 0.717) is 12.8 Å². The summed E-state index contributed by atoms with van der Waals surface area (Å²) >= 11 is 0. The number of esters is 1. The van der Waals surface area contributed by atoms with E-state index in [1.807, 2.05) is 6.07 Å². The molecule has 0 aliphatic heterocycles. The fourth-order valence-corrected chi connectivity index (χ4v) is 4.32. The SMILES string of the molecule is CC[Si](C#CC#CCCCC#CC(=O)OC(C)(C)C#N)(CC)CC. The molecule has 0 N–H and O–H groups in total. The van der Waals surface area contributed by atoms with Crippen molar-refractivity contribution in [2.45, 2.75) is 77.6 Å². The smallest absolute Gasteiger partial charge is 0.385 e. The van der Waals surface area contributed by atoms with Gasteiger partial charge >= 0.3 is 5.97 Å². The Labute approximate surface area is 148 Å². The standard InChI is InChI=1S/C20H27NO2Si/c1-6-24(7-2,8-3)17-15-13-11-9-10-12-14-16-19(22)23-20(4,5)18-21/h6-10,12H2,1-5H3. The van der Waals surface area contributed by atoms with Crippen molar-refractivity contribution >= 4 is 14.0 Å². The molecule has 0 bridgehead atoms. The normalized spacial score (nSPS) is 10.0. The van der Waals surface area contributed by atoms with E-state index in [2.05, 4.69) is 55.9 Å². The van der Waals surface area contributed by atoms with Crippen LogP contribution in [0.4, 0.5) is 0 Å². The summed E-state index contributed by atoms with van der Waals surface area (Å²) in [5.41, 5.74) is 2.29. The number of nitriles is 1.